The van der Waals surface area contributed by atoms with Gasteiger partial charge in [-0.1, -0.05) is 13.8 Å². The number of ether oxygens (including phenoxy) is 1. The molecule has 0 radical (unpaired) electrons. The van der Waals surface area contributed by atoms with Crippen LogP contribution < -0.4 is 0 Å². The van der Waals surface area contributed by atoms with Crippen molar-refractivity contribution in [1.29, 1.82) is 0 Å². The molecule has 0 unspecified atom stereocenters. The Balaban J connectivity index is 2.22. The fraction of sp³-hybridized carbons (Fsp3) is 1.00. The second kappa shape index (κ2) is 4.72. The summed E-state index contributed by atoms with van der Waals surface area (Å²) in [7, 11) is 0. The van der Waals surface area contributed by atoms with E-state index in [1.54, 1.807) is 0 Å². The third kappa shape index (κ3) is 2.18. The summed E-state index contributed by atoms with van der Waals surface area (Å²) < 4.78 is 5.88. The Hall–Kier alpha value is -0.200. The molecule has 0 saturated carbocycles. The summed E-state index contributed by atoms with van der Waals surface area (Å²) in [4.78, 5) is 5.76. The molecule has 2 aliphatic rings. The molecule has 0 aromatic heterocycles. The summed E-state index contributed by atoms with van der Waals surface area (Å²) in [5.74, 6) is 0.326. The van der Waals surface area contributed by atoms with Gasteiger partial charge in [-0.05, 0) is 13.8 Å². The average Bonchev–Trinajstić information content (AvgIpc) is 2.89. The van der Waals surface area contributed by atoms with Crippen LogP contribution in [0.3, 0.4) is 0 Å². The van der Waals surface area contributed by atoms with Gasteiger partial charge in [-0.25, -0.2) is 0 Å². The summed E-state index contributed by atoms with van der Waals surface area (Å²) in [6, 6.07) is 0.106. The summed E-state index contributed by atoms with van der Waals surface area (Å²) in [6.45, 7) is 9.32. The van der Waals surface area contributed by atoms with Gasteiger partial charge in [0.15, 0.2) is 0 Å². The van der Waals surface area contributed by atoms with Crippen molar-refractivity contribution in [3.05, 3.63) is 0 Å². The van der Waals surface area contributed by atoms with Gasteiger partial charge in [-0.3, -0.25) is 4.84 Å². The molecule has 0 aromatic carbocycles. The Morgan fingerprint density at radius 2 is 1.78 bits per heavy atom. The van der Waals surface area contributed by atoms with E-state index in [-0.39, 0.29) is 30.8 Å². The first kappa shape index (κ1) is 14.2. The van der Waals surface area contributed by atoms with Crippen LogP contribution in [0.4, 0.5) is 0 Å². The molecule has 2 heterocycles. The SMILES string of the molecule is CC(C)(CO)[C@H]1OC[C@@H]2CON(C(C)(C)CO)[C@@H]21. The standard InChI is InChI=1S/C13H25NO4/c1-12(2,7-15)11-10-9(5-17-11)6-18-14(10)13(3,4)8-16/h9-11,15-16H,5-8H2,1-4H3/t9-,10+,11+/m1/s1. The van der Waals surface area contributed by atoms with Gasteiger partial charge < -0.3 is 14.9 Å². The van der Waals surface area contributed by atoms with Crippen LogP contribution in [0.15, 0.2) is 0 Å². The quantitative estimate of drug-likeness (QED) is 0.765. The van der Waals surface area contributed by atoms with Crippen LogP contribution in [0.25, 0.3) is 0 Å². The van der Waals surface area contributed by atoms with Crippen molar-refractivity contribution in [1.82, 2.24) is 5.06 Å². The van der Waals surface area contributed by atoms with Gasteiger partial charge in [0.1, 0.15) is 0 Å². The van der Waals surface area contributed by atoms with Crippen LogP contribution >= 0.6 is 0 Å². The van der Waals surface area contributed by atoms with E-state index < -0.39 is 5.54 Å². The fourth-order valence-corrected chi connectivity index (χ4v) is 2.82. The number of aliphatic hydroxyl groups excluding tert-OH is 2. The van der Waals surface area contributed by atoms with Crippen molar-refractivity contribution < 1.29 is 19.8 Å². The van der Waals surface area contributed by atoms with E-state index in [9.17, 15) is 10.2 Å². The predicted molar refractivity (Wildman–Crippen MR) is 66.8 cm³/mol. The topological polar surface area (TPSA) is 62.2 Å². The highest BCUT2D eigenvalue weighted by Crippen LogP contribution is 2.42. The van der Waals surface area contributed by atoms with Crippen LogP contribution in [-0.2, 0) is 9.57 Å². The predicted octanol–water partition coefficient (Wildman–Crippen LogP) is 0.407. The van der Waals surface area contributed by atoms with E-state index in [1.807, 2.05) is 32.8 Å². The molecule has 0 aromatic rings. The number of rotatable bonds is 4. The Morgan fingerprint density at radius 1 is 1.11 bits per heavy atom. The van der Waals surface area contributed by atoms with E-state index in [2.05, 4.69) is 0 Å². The van der Waals surface area contributed by atoms with Crippen LogP contribution in [0.2, 0.25) is 0 Å². The first-order valence-corrected chi connectivity index (χ1v) is 6.59. The lowest BCUT2D eigenvalue weighted by molar-refractivity contribution is -0.226. The van der Waals surface area contributed by atoms with Crippen LogP contribution in [-0.4, -0.2) is 59.4 Å². The highest BCUT2D eigenvalue weighted by Gasteiger charge is 2.55. The third-order valence-corrected chi connectivity index (χ3v) is 4.14. The molecular weight excluding hydrogens is 234 g/mol. The lowest BCUT2D eigenvalue weighted by Gasteiger charge is -2.41. The zero-order chi connectivity index (χ0) is 13.6. The van der Waals surface area contributed by atoms with E-state index in [0.29, 0.717) is 19.1 Å². The monoisotopic (exact) mass is 259 g/mol. The summed E-state index contributed by atoms with van der Waals surface area (Å²) in [5.41, 5.74) is -0.742. The lowest BCUT2D eigenvalue weighted by atomic mass is 9.80. The minimum absolute atomic E-state index is 0.0303. The van der Waals surface area contributed by atoms with Crippen molar-refractivity contribution in [3.63, 3.8) is 0 Å². The molecule has 0 spiro atoms. The van der Waals surface area contributed by atoms with Gasteiger partial charge in [0.05, 0.1) is 44.1 Å². The molecule has 2 fully saturated rings. The maximum absolute atomic E-state index is 9.53. The molecular formula is C13H25NO4. The first-order valence-electron chi connectivity index (χ1n) is 6.59. The Morgan fingerprint density at radius 3 is 2.33 bits per heavy atom. The van der Waals surface area contributed by atoms with E-state index in [4.69, 9.17) is 9.57 Å². The van der Waals surface area contributed by atoms with Gasteiger partial charge >= 0.3 is 0 Å². The van der Waals surface area contributed by atoms with Crippen LogP contribution in [0, 0.1) is 11.3 Å². The number of aliphatic hydroxyl groups is 2. The van der Waals surface area contributed by atoms with E-state index in [1.165, 1.54) is 0 Å². The maximum Gasteiger partial charge on any atom is 0.0831 e. The van der Waals surface area contributed by atoms with E-state index in [0.717, 1.165) is 0 Å². The molecule has 106 valence electrons. The zero-order valence-electron chi connectivity index (χ0n) is 11.7. The summed E-state index contributed by atoms with van der Waals surface area (Å²) >= 11 is 0. The number of hydroxylamine groups is 2. The minimum atomic E-state index is -0.434. The summed E-state index contributed by atoms with van der Waals surface area (Å²) in [5, 5.41) is 20.9. The van der Waals surface area contributed by atoms with Gasteiger partial charge in [0.2, 0.25) is 0 Å². The van der Waals surface area contributed by atoms with Gasteiger partial charge in [-0.2, -0.15) is 5.06 Å². The molecule has 5 heteroatoms. The largest absolute Gasteiger partial charge is 0.396 e. The highest BCUT2D eigenvalue weighted by atomic mass is 16.7. The second-order valence-corrected chi connectivity index (χ2v) is 6.74. The summed E-state index contributed by atoms with van der Waals surface area (Å²) in [6.07, 6.45) is -0.0687. The zero-order valence-corrected chi connectivity index (χ0v) is 11.7. The highest BCUT2D eigenvalue weighted by molar-refractivity contribution is 5.01. The second-order valence-electron chi connectivity index (χ2n) is 6.74. The molecule has 3 atom stereocenters. The Kier molecular flexibility index (Phi) is 3.73. The van der Waals surface area contributed by atoms with Crippen molar-refractivity contribution in [2.24, 2.45) is 11.3 Å². The average molecular weight is 259 g/mol. The smallest absolute Gasteiger partial charge is 0.0831 e. The molecule has 0 bridgehead atoms. The molecule has 2 aliphatic heterocycles. The number of hydrogen-bond donors (Lipinski definition) is 2. The number of hydrogen-bond acceptors (Lipinski definition) is 5. The maximum atomic E-state index is 9.53. The Labute approximate surface area is 109 Å². The van der Waals surface area contributed by atoms with Crippen molar-refractivity contribution in [2.45, 2.75) is 45.4 Å². The van der Waals surface area contributed by atoms with Crippen LogP contribution in [0.5, 0.6) is 0 Å². The Bertz CT molecular complexity index is 277. The molecule has 0 amide bonds. The molecule has 18 heavy (non-hydrogen) atoms. The molecule has 0 aliphatic carbocycles. The van der Waals surface area contributed by atoms with Gasteiger partial charge in [0.25, 0.3) is 0 Å². The van der Waals surface area contributed by atoms with E-state index >= 15 is 0 Å². The first-order chi connectivity index (χ1) is 8.33. The van der Waals surface area contributed by atoms with Crippen molar-refractivity contribution >= 4 is 0 Å². The molecule has 5 nitrogen and oxygen atoms in total. The van der Waals surface area contributed by atoms with Crippen molar-refractivity contribution in [2.75, 3.05) is 26.4 Å². The molecule has 2 N–H and O–H groups in total. The number of fused-ring (bicyclic) bond motifs is 1. The minimum Gasteiger partial charge on any atom is -0.396 e. The lowest BCUT2D eigenvalue weighted by Crippen LogP contribution is -2.55. The van der Waals surface area contributed by atoms with Gasteiger partial charge in [-0.15, -0.1) is 0 Å². The van der Waals surface area contributed by atoms with Crippen molar-refractivity contribution in [3.8, 4) is 0 Å². The molecule has 2 saturated heterocycles. The normalized spacial score (nSPS) is 34.0. The molecule has 2 rings (SSSR count). The third-order valence-electron chi connectivity index (χ3n) is 4.14. The fourth-order valence-electron chi connectivity index (χ4n) is 2.82. The van der Waals surface area contributed by atoms with Gasteiger partial charge in [0, 0.05) is 11.3 Å². The van der Waals surface area contributed by atoms with Crippen LogP contribution in [0.1, 0.15) is 27.7 Å². The number of nitrogens with zero attached hydrogens (tertiary/aromatic N) is 1.